The number of carbonyl (C=O) groups is 6. The Kier molecular flexibility index (Phi) is 18.0. The summed E-state index contributed by atoms with van der Waals surface area (Å²) in [6, 6.07) is 11.1. The highest BCUT2D eigenvalue weighted by molar-refractivity contribution is 8.00. The van der Waals surface area contributed by atoms with Crippen molar-refractivity contribution in [3.05, 3.63) is 83.7 Å². The molecule has 1 heterocycles. The number of hydrogen-bond acceptors (Lipinski definition) is 10. The average Bonchev–Trinajstić information content (AvgIpc) is 3.57. The Morgan fingerprint density at radius 3 is 2.24 bits per heavy atom. The monoisotopic (exact) mass is 830 g/mol. The number of benzene rings is 2. The fourth-order valence-electron chi connectivity index (χ4n) is 6.20. The molecule has 3 aromatic rings. The van der Waals surface area contributed by atoms with Gasteiger partial charge in [-0.2, -0.15) is 0 Å². The Morgan fingerprint density at radius 2 is 1.62 bits per heavy atom. The lowest BCUT2D eigenvalue weighted by Crippen LogP contribution is -2.47. The number of aliphatic hydroxyl groups is 1. The highest BCUT2D eigenvalue weighted by Gasteiger charge is 2.37. The molecule has 4 atom stereocenters. The molecule has 18 heteroatoms. The van der Waals surface area contributed by atoms with E-state index in [1.807, 2.05) is 55.7 Å². The number of carboxylic acids is 2. The zero-order valence-corrected chi connectivity index (χ0v) is 33.5. The van der Waals surface area contributed by atoms with Gasteiger partial charge in [0.15, 0.2) is 5.78 Å². The molecule has 3 amide bonds. The summed E-state index contributed by atoms with van der Waals surface area (Å²) in [5.41, 5.74) is 12.9. The number of thioether (sulfide) groups is 1. The number of Topliss-reactive ketones (excluding diaryl/α,β-unsaturated/α-hetero) is 1. The SMILES string of the molecule is CC(C)(C)[C@H](c1cc(-c2cc(F)ccc2F)cn1Cc1ccccc1)N(CC[C@H](N)C(=O)NCCCC(=O)CNC(=O)[C@@H](CC(=O)O)SC[C@H](N)C(=O)O)C(=O)CO. The van der Waals surface area contributed by atoms with Crippen molar-refractivity contribution in [2.75, 3.05) is 32.0 Å². The predicted molar refractivity (Wildman–Crippen MR) is 213 cm³/mol. The van der Waals surface area contributed by atoms with Crippen molar-refractivity contribution in [1.82, 2.24) is 20.1 Å². The van der Waals surface area contributed by atoms with Gasteiger partial charge in [0.05, 0.1) is 30.3 Å². The van der Waals surface area contributed by atoms with Gasteiger partial charge in [0, 0.05) is 54.8 Å². The molecule has 0 fully saturated rings. The summed E-state index contributed by atoms with van der Waals surface area (Å²) in [7, 11) is 0. The minimum Gasteiger partial charge on any atom is -0.481 e. The molecule has 0 spiro atoms. The van der Waals surface area contributed by atoms with E-state index in [0.717, 1.165) is 35.5 Å². The second kappa shape index (κ2) is 22.1. The summed E-state index contributed by atoms with van der Waals surface area (Å²) >= 11 is 0.756. The fraction of sp³-hybridized carbons (Fsp3) is 0.450. The number of aromatic nitrogens is 1. The van der Waals surface area contributed by atoms with Gasteiger partial charge in [-0.3, -0.25) is 28.8 Å². The third-order valence-electron chi connectivity index (χ3n) is 9.09. The van der Waals surface area contributed by atoms with Crippen molar-refractivity contribution in [3.8, 4) is 11.1 Å². The molecule has 1 aromatic heterocycles. The Hall–Kier alpha value is -5.17. The number of carbonyl (C=O) groups excluding carboxylic acids is 4. The molecule has 0 aliphatic carbocycles. The minimum absolute atomic E-state index is 0.0211. The van der Waals surface area contributed by atoms with Gasteiger partial charge in [0.1, 0.15) is 24.3 Å². The van der Waals surface area contributed by atoms with E-state index >= 15 is 4.39 Å². The van der Waals surface area contributed by atoms with E-state index in [0.29, 0.717) is 17.8 Å². The van der Waals surface area contributed by atoms with Gasteiger partial charge >= 0.3 is 11.9 Å². The molecule has 15 nitrogen and oxygen atoms in total. The summed E-state index contributed by atoms with van der Waals surface area (Å²) in [4.78, 5) is 75.0. The van der Waals surface area contributed by atoms with Gasteiger partial charge in [0.25, 0.3) is 0 Å². The van der Waals surface area contributed by atoms with Crippen LogP contribution in [0.4, 0.5) is 8.78 Å². The first-order chi connectivity index (χ1) is 27.3. The van der Waals surface area contributed by atoms with Crippen LogP contribution in [0, 0.1) is 17.0 Å². The van der Waals surface area contributed by atoms with E-state index in [-0.39, 0.29) is 43.7 Å². The van der Waals surface area contributed by atoms with Crippen molar-refractivity contribution in [3.63, 3.8) is 0 Å². The summed E-state index contributed by atoms with van der Waals surface area (Å²) < 4.78 is 31.2. The maximum atomic E-state index is 15.0. The molecule has 0 radical (unpaired) electrons. The van der Waals surface area contributed by atoms with Crippen LogP contribution in [0.2, 0.25) is 0 Å². The van der Waals surface area contributed by atoms with E-state index in [1.165, 1.54) is 4.90 Å². The Morgan fingerprint density at radius 1 is 0.931 bits per heavy atom. The average molecular weight is 831 g/mol. The van der Waals surface area contributed by atoms with Gasteiger partial charge in [0.2, 0.25) is 17.7 Å². The first-order valence-electron chi connectivity index (χ1n) is 18.6. The van der Waals surface area contributed by atoms with Crippen LogP contribution in [0.3, 0.4) is 0 Å². The van der Waals surface area contributed by atoms with Crippen molar-refractivity contribution < 1.29 is 52.9 Å². The first kappa shape index (κ1) is 47.2. The van der Waals surface area contributed by atoms with Crippen LogP contribution in [0.15, 0.2) is 60.8 Å². The van der Waals surface area contributed by atoms with E-state index in [9.17, 15) is 38.3 Å². The van der Waals surface area contributed by atoms with Gasteiger partial charge in [-0.15, -0.1) is 11.8 Å². The van der Waals surface area contributed by atoms with Gasteiger partial charge in [-0.1, -0.05) is 51.1 Å². The van der Waals surface area contributed by atoms with Crippen LogP contribution >= 0.6 is 11.8 Å². The molecule has 316 valence electrons. The number of carboxylic acid groups (broad SMARTS) is 2. The summed E-state index contributed by atoms with van der Waals surface area (Å²) in [6.07, 6.45) is 1.20. The van der Waals surface area contributed by atoms with Crippen LogP contribution < -0.4 is 22.1 Å². The molecule has 0 aliphatic heterocycles. The van der Waals surface area contributed by atoms with Crippen molar-refractivity contribution in [2.24, 2.45) is 16.9 Å². The van der Waals surface area contributed by atoms with E-state index < -0.39 is 95.4 Å². The third kappa shape index (κ3) is 14.3. The molecule has 0 unspecified atom stereocenters. The smallest absolute Gasteiger partial charge is 0.321 e. The lowest BCUT2D eigenvalue weighted by atomic mass is 9.82. The van der Waals surface area contributed by atoms with E-state index in [4.69, 9.17) is 21.7 Å². The van der Waals surface area contributed by atoms with Crippen molar-refractivity contribution in [1.29, 1.82) is 0 Å². The van der Waals surface area contributed by atoms with Crippen LogP contribution in [0.25, 0.3) is 11.1 Å². The third-order valence-corrected chi connectivity index (χ3v) is 10.4. The molecule has 9 N–H and O–H groups in total. The molecule has 0 saturated carbocycles. The van der Waals surface area contributed by atoms with Crippen molar-refractivity contribution >= 4 is 47.2 Å². The number of halogens is 2. The number of nitrogens with one attached hydrogen (secondary N) is 2. The number of aliphatic carboxylic acids is 2. The number of aliphatic hydroxyl groups excluding tert-OH is 1. The Bertz CT molecular complexity index is 1910. The van der Waals surface area contributed by atoms with Gasteiger partial charge in [-0.25, -0.2) is 8.78 Å². The molecule has 0 bridgehead atoms. The molecule has 58 heavy (non-hydrogen) atoms. The summed E-state index contributed by atoms with van der Waals surface area (Å²) in [5, 5.41) is 32.0. The standard InChI is InChI=1S/C40H52F2N6O9S/c1-40(2,3)36(32-16-25(28-17-26(41)11-12-29(28)42)21-47(32)20-24-8-5-4-6-9-24)48(34(51)22-49)15-13-30(43)37(54)45-14-7-10-27(50)19-46-38(55)33(18-35(52)53)58-23-31(44)39(56)57/h4-6,8-9,11-12,16-17,21,30-31,33,36,49H,7,10,13-15,18-20,22-23,43-44H2,1-3H3,(H,45,54)(H,46,55)(H,52,53)(H,56,57)/t30-,31-,33+,36-/m0/s1. The zero-order chi connectivity index (χ0) is 43.2. The highest BCUT2D eigenvalue weighted by Crippen LogP contribution is 2.41. The zero-order valence-electron chi connectivity index (χ0n) is 32.7. The number of rotatable bonds is 23. The molecule has 2 aromatic carbocycles. The topological polar surface area (TPSA) is 247 Å². The lowest BCUT2D eigenvalue weighted by Gasteiger charge is -2.41. The van der Waals surface area contributed by atoms with Gasteiger partial charge in [-0.05, 0) is 48.1 Å². The highest BCUT2D eigenvalue weighted by atomic mass is 32.2. The quantitative estimate of drug-likeness (QED) is 0.0682. The van der Waals surface area contributed by atoms with E-state index in [1.54, 1.807) is 12.3 Å². The number of hydrogen-bond donors (Lipinski definition) is 7. The minimum atomic E-state index is -1.31. The Balaban J connectivity index is 1.67. The number of amides is 3. The number of nitrogens with zero attached hydrogens (tertiary/aromatic N) is 2. The van der Waals surface area contributed by atoms with Crippen LogP contribution in [0.5, 0.6) is 0 Å². The fourth-order valence-corrected chi connectivity index (χ4v) is 7.28. The summed E-state index contributed by atoms with van der Waals surface area (Å²) in [6.45, 7) is 4.74. The second-order valence-corrected chi connectivity index (χ2v) is 16.1. The largest absolute Gasteiger partial charge is 0.481 e. The van der Waals surface area contributed by atoms with Crippen LogP contribution in [-0.4, -0.2) is 110 Å². The molecular weight excluding hydrogens is 779 g/mol. The molecule has 0 saturated heterocycles. The molecular formula is C40H52F2N6O9S. The number of nitrogens with two attached hydrogens (primary N) is 2. The van der Waals surface area contributed by atoms with Gasteiger partial charge < -0.3 is 46.9 Å². The van der Waals surface area contributed by atoms with Crippen molar-refractivity contribution in [2.45, 2.75) is 76.4 Å². The maximum Gasteiger partial charge on any atom is 0.321 e. The molecule has 3 rings (SSSR count). The maximum absolute atomic E-state index is 15.0. The van der Waals surface area contributed by atoms with Crippen LogP contribution in [0.1, 0.15) is 63.8 Å². The normalized spacial score (nSPS) is 13.5. The second-order valence-electron chi connectivity index (χ2n) is 14.8. The first-order valence-corrected chi connectivity index (χ1v) is 19.6. The molecule has 0 aliphatic rings. The van der Waals surface area contributed by atoms with Crippen LogP contribution in [-0.2, 0) is 35.3 Å². The Labute approximate surface area is 339 Å². The predicted octanol–water partition coefficient (Wildman–Crippen LogP) is 2.68. The summed E-state index contributed by atoms with van der Waals surface area (Å²) in [5.74, 6) is -6.43. The number of ketones is 1. The van der Waals surface area contributed by atoms with E-state index in [2.05, 4.69) is 10.6 Å². The lowest BCUT2D eigenvalue weighted by molar-refractivity contribution is -0.140.